The Morgan fingerprint density at radius 1 is 1.00 bits per heavy atom. The predicted molar refractivity (Wildman–Crippen MR) is 56.7 cm³/mol. The fourth-order valence-electron chi connectivity index (χ4n) is 3.02. The third-order valence-corrected chi connectivity index (χ3v) is 3.55. The fourth-order valence-corrected chi connectivity index (χ4v) is 3.02. The summed E-state index contributed by atoms with van der Waals surface area (Å²) in [6.07, 6.45) is 3.68. The molecular formula is C12H14O4. The van der Waals surface area contributed by atoms with Crippen molar-refractivity contribution in [2.75, 3.05) is 0 Å². The first-order chi connectivity index (χ1) is 7.45. The zero-order valence-corrected chi connectivity index (χ0v) is 9.18. The number of rotatable bonds is 2. The number of carboxylic acids is 2. The molecule has 86 valence electrons. The van der Waals surface area contributed by atoms with Crippen LogP contribution in [0.5, 0.6) is 0 Å². The molecule has 0 aromatic carbocycles. The van der Waals surface area contributed by atoms with Gasteiger partial charge >= 0.3 is 11.9 Å². The van der Waals surface area contributed by atoms with Gasteiger partial charge < -0.3 is 10.2 Å². The lowest BCUT2D eigenvalue weighted by atomic mass is 9.83. The van der Waals surface area contributed by atoms with Gasteiger partial charge in [0.2, 0.25) is 0 Å². The van der Waals surface area contributed by atoms with E-state index in [4.69, 9.17) is 10.2 Å². The molecule has 2 N–H and O–H groups in total. The monoisotopic (exact) mass is 222 g/mol. The lowest BCUT2D eigenvalue weighted by Crippen LogP contribution is -2.32. The molecule has 0 radical (unpaired) electrons. The highest BCUT2D eigenvalue weighted by Crippen LogP contribution is 2.53. The van der Waals surface area contributed by atoms with E-state index in [0.29, 0.717) is 0 Å². The van der Waals surface area contributed by atoms with Gasteiger partial charge in [-0.25, -0.2) is 0 Å². The maximum Gasteiger partial charge on any atom is 0.308 e. The molecule has 0 saturated heterocycles. The van der Waals surface area contributed by atoms with E-state index in [0.717, 1.165) is 11.1 Å². The molecule has 2 aliphatic rings. The van der Waals surface area contributed by atoms with E-state index >= 15 is 0 Å². The molecule has 4 heteroatoms. The van der Waals surface area contributed by atoms with E-state index in [-0.39, 0.29) is 11.8 Å². The molecule has 16 heavy (non-hydrogen) atoms. The first-order valence-corrected chi connectivity index (χ1v) is 5.26. The van der Waals surface area contributed by atoms with Gasteiger partial charge in [0.15, 0.2) is 0 Å². The van der Waals surface area contributed by atoms with Crippen molar-refractivity contribution in [3.8, 4) is 0 Å². The summed E-state index contributed by atoms with van der Waals surface area (Å²) in [4.78, 5) is 22.3. The largest absolute Gasteiger partial charge is 0.481 e. The van der Waals surface area contributed by atoms with Gasteiger partial charge in [0, 0.05) is 11.8 Å². The molecule has 0 amide bonds. The van der Waals surface area contributed by atoms with Gasteiger partial charge in [0.25, 0.3) is 0 Å². The van der Waals surface area contributed by atoms with E-state index < -0.39 is 23.8 Å². The van der Waals surface area contributed by atoms with Gasteiger partial charge in [0.1, 0.15) is 0 Å². The average Bonchev–Trinajstić information content (AvgIpc) is 2.70. The van der Waals surface area contributed by atoms with Crippen molar-refractivity contribution < 1.29 is 19.8 Å². The number of fused-ring (bicyclic) bond motifs is 2. The molecule has 1 fully saturated rings. The SMILES string of the molecule is CC(C)=C1[C@@H]2C=C[C@@H]1[C@@H](C(=O)O)[C@H]2C(=O)O. The molecule has 0 unspecified atom stereocenters. The second-order valence-electron chi connectivity index (χ2n) is 4.62. The van der Waals surface area contributed by atoms with E-state index in [1.165, 1.54) is 0 Å². The minimum absolute atomic E-state index is 0.228. The van der Waals surface area contributed by atoms with Crippen LogP contribution < -0.4 is 0 Å². The summed E-state index contributed by atoms with van der Waals surface area (Å²) >= 11 is 0. The van der Waals surface area contributed by atoms with Crippen LogP contribution in [0.4, 0.5) is 0 Å². The zero-order valence-electron chi connectivity index (χ0n) is 9.18. The summed E-state index contributed by atoms with van der Waals surface area (Å²) in [5, 5.41) is 18.3. The normalized spacial score (nSPS) is 35.5. The summed E-state index contributed by atoms with van der Waals surface area (Å²) in [6, 6.07) is 0. The summed E-state index contributed by atoms with van der Waals surface area (Å²) in [5.74, 6) is -4.09. The van der Waals surface area contributed by atoms with Crippen LogP contribution in [0.3, 0.4) is 0 Å². The summed E-state index contributed by atoms with van der Waals surface area (Å²) < 4.78 is 0. The maximum absolute atomic E-state index is 11.2. The van der Waals surface area contributed by atoms with Crippen LogP contribution in [0.1, 0.15) is 13.8 Å². The minimum atomic E-state index is -1.01. The number of carboxylic acid groups (broad SMARTS) is 2. The number of aliphatic carboxylic acids is 2. The van der Waals surface area contributed by atoms with Crippen LogP contribution in [0.25, 0.3) is 0 Å². The molecule has 0 spiro atoms. The Labute approximate surface area is 93.3 Å². The van der Waals surface area contributed by atoms with E-state index in [9.17, 15) is 9.59 Å². The first-order valence-electron chi connectivity index (χ1n) is 5.26. The molecule has 1 saturated carbocycles. The van der Waals surface area contributed by atoms with Crippen LogP contribution in [0, 0.1) is 23.7 Å². The molecule has 2 rings (SSSR count). The molecule has 0 aliphatic heterocycles. The van der Waals surface area contributed by atoms with Gasteiger partial charge in [-0.1, -0.05) is 23.3 Å². The summed E-state index contributed by atoms with van der Waals surface area (Å²) in [7, 11) is 0. The third-order valence-electron chi connectivity index (χ3n) is 3.55. The highest BCUT2D eigenvalue weighted by Gasteiger charge is 2.55. The summed E-state index contributed by atoms with van der Waals surface area (Å²) in [6.45, 7) is 3.82. The Morgan fingerprint density at radius 3 is 1.62 bits per heavy atom. The lowest BCUT2D eigenvalue weighted by molar-refractivity contribution is -0.154. The van der Waals surface area contributed by atoms with Crippen molar-refractivity contribution in [1.82, 2.24) is 0 Å². The van der Waals surface area contributed by atoms with Crippen molar-refractivity contribution in [3.63, 3.8) is 0 Å². The smallest absolute Gasteiger partial charge is 0.308 e. The molecular weight excluding hydrogens is 208 g/mol. The maximum atomic E-state index is 11.2. The van der Waals surface area contributed by atoms with Crippen LogP contribution in [-0.2, 0) is 9.59 Å². The second kappa shape index (κ2) is 3.47. The Kier molecular flexibility index (Phi) is 2.37. The summed E-state index contributed by atoms with van der Waals surface area (Å²) in [5.41, 5.74) is 2.02. The highest BCUT2D eigenvalue weighted by atomic mass is 16.4. The van der Waals surface area contributed by atoms with Gasteiger partial charge in [-0.3, -0.25) is 9.59 Å². The molecule has 4 nitrogen and oxygen atoms in total. The van der Waals surface area contributed by atoms with Crippen LogP contribution in [0.15, 0.2) is 23.3 Å². The number of allylic oxidation sites excluding steroid dienone is 4. The first kappa shape index (κ1) is 10.9. The standard InChI is InChI=1S/C12H14O4/c1-5(2)8-6-3-4-7(8)10(12(15)16)9(6)11(13)14/h3-4,6-7,9-10H,1-2H3,(H,13,14)(H,15,16)/t6-,7-,9-,10+/m0/s1. The Balaban J connectivity index is 2.50. The van der Waals surface area contributed by atoms with Crippen LogP contribution >= 0.6 is 0 Å². The van der Waals surface area contributed by atoms with E-state index in [1.54, 1.807) is 0 Å². The van der Waals surface area contributed by atoms with Crippen molar-refractivity contribution in [3.05, 3.63) is 23.3 Å². The lowest BCUT2D eigenvalue weighted by Gasteiger charge is -2.19. The molecule has 4 atom stereocenters. The van der Waals surface area contributed by atoms with Crippen molar-refractivity contribution in [2.24, 2.45) is 23.7 Å². The quantitative estimate of drug-likeness (QED) is 0.695. The van der Waals surface area contributed by atoms with Crippen molar-refractivity contribution >= 4 is 11.9 Å². The fraction of sp³-hybridized carbons (Fsp3) is 0.500. The molecule has 0 aromatic rings. The molecule has 2 aliphatic carbocycles. The van der Waals surface area contributed by atoms with Crippen LogP contribution in [0.2, 0.25) is 0 Å². The van der Waals surface area contributed by atoms with Crippen molar-refractivity contribution in [1.29, 1.82) is 0 Å². The van der Waals surface area contributed by atoms with Gasteiger partial charge in [0.05, 0.1) is 11.8 Å². The number of hydrogen-bond acceptors (Lipinski definition) is 2. The molecule has 2 bridgehead atoms. The minimum Gasteiger partial charge on any atom is -0.481 e. The topological polar surface area (TPSA) is 74.6 Å². The van der Waals surface area contributed by atoms with E-state index in [1.807, 2.05) is 26.0 Å². The molecule has 0 heterocycles. The Hall–Kier alpha value is -1.58. The number of hydrogen-bond donors (Lipinski definition) is 2. The average molecular weight is 222 g/mol. The number of carbonyl (C=O) groups is 2. The molecule has 0 aromatic heterocycles. The van der Waals surface area contributed by atoms with Crippen LogP contribution in [-0.4, -0.2) is 22.2 Å². The van der Waals surface area contributed by atoms with Crippen molar-refractivity contribution in [2.45, 2.75) is 13.8 Å². The van der Waals surface area contributed by atoms with Gasteiger partial charge in [-0.15, -0.1) is 0 Å². The zero-order chi connectivity index (χ0) is 12.0. The predicted octanol–water partition coefficient (Wildman–Crippen LogP) is 1.54. The Bertz CT molecular complexity index is 383. The second-order valence-corrected chi connectivity index (χ2v) is 4.62. The Morgan fingerprint density at radius 2 is 1.38 bits per heavy atom. The van der Waals surface area contributed by atoms with E-state index in [2.05, 4.69) is 0 Å². The third kappa shape index (κ3) is 1.29. The highest BCUT2D eigenvalue weighted by molar-refractivity contribution is 5.84. The van der Waals surface area contributed by atoms with Gasteiger partial charge in [-0.05, 0) is 13.8 Å². The van der Waals surface area contributed by atoms with Gasteiger partial charge in [-0.2, -0.15) is 0 Å².